The number of halogens is 1. The van der Waals surface area contributed by atoms with Crippen LogP contribution in [0.3, 0.4) is 0 Å². The maximum absolute atomic E-state index is 12.8. The smallest absolute Gasteiger partial charge is 0.412 e. The second kappa shape index (κ2) is 12.7. The molecule has 0 aromatic heterocycles. The number of esters is 1. The molecular formula is C23H28BrNO6S. The van der Waals surface area contributed by atoms with Crippen LogP contribution in [-0.4, -0.2) is 42.7 Å². The first-order valence-electron chi connectivity index (χ1n) is 10.1. The molecule has 0 fully saturated rings. The minimum atomic E-state index is -0.720. The molecule has 0 unspecified atom stereocenters. The second-order valence-corrected chi connectivity index (χ2v) is 8.88. The van der Waals surface area contributed by atoms with E-state index in [1.165, 1.54) is 0 Å². The van der Waals surface area contributed by atoms with E-state index in [1.54, 1.807) is 24.3 Å². The van der Waals surface area contributed by atoms with Gasteiger partial charge in [-0.15, -0.1) is 0 Å². The molecule has 7 nitrogen and oxygen atoms in total. The SMILES string of the molecule is CC(C)(CCOC(=O)CS)[C@@H](OC(=O)Nc1ccc(Br)cc1)c1ccccc1OCCO. The summed E-state index contributed by atoms with van der Waals surface area (Å²) in [6.45, 7) is 3.95. The normalized spacial score (nSPS) is 12.0. The summed E-state index contributed by atoms with van der Waals surface area (Å²) in [5, 5.41) is 11.9. The molecule has 174 valence electrons. The van der Waals surface area contributed by atoms with Gasteiger partial charge in [-0.05, 0) is 36.8 Å². The van der Waals surface area contributed by atoms with E-state index in [2.05, 4.69) is 33.9 Å². The molecule has 0 aliphatic rings. The van der Waals surface area contributed by atoms with Gasteiger partial charge in [-0.2, -0.15) is 12.6 Å². The van der Waals surface area contributed by atoms with Gasteiger partial charge in [0, 0.05) is 21.1 Å². The van der Waals surface area contributed by atoms with E-state index in [9.17, 15) is 9.59 Å². The molecule has 2 aromatic rings. The number of para-hydroxylation sites is 1. The number of rotatable bonds is 11. The Labute approximate surface area is 202 Å². The zero-order valence-electron chi connectivity index (χ0n) is 18.0. The van der Waals surface area contributed by atoms with E-state index >= 15 is 0 Å². The van der Waals surface area contributed by atoms with Crippen molar-refractivity contribution < 1.29 is 28.9 Å². The Morgan fingerprint density at radius 2 is 1.81 bits per heavy atom. The van der Waals surface area contributed by atoms with Gasteiger partial charge in [-0.1, -0.05) is 48.0 Å². The molecule has 32 heavy (non-hydrogen) atoms. The average Bonchev–Trinajstić information content (AvgIpc) is 2.77. The number of hydrogen-bond acceptors (Lipinski definition) is 7. The van der Waals surface area contributed by atoms with Crippen LogP contribution in [-0.2, 0) is 14.3 Å². The van der Waals surface area contributed by atoms with Crippen LogP contribution in [0.15, 0.2) is 53.0 Å². The molecule has 0 aliphatic carbocycles. The quantitative estimate of drug-likeness (QED) is 0.282. The lowest BCUT2D eigenvalue weighted by molar-refractivity contribution is -0.141. The lowest BCUT2D eigenvalue weighted by Crippen LogP contribution is -2.31. The standard InChI is InChI=1S/C23H28BrNO6S/c1-23(2,11-13-30-20(27)15-32)21(18-5-3-4-6-19(18)29-14-12-26)31-22(28)25-17-9-7-16(24)8-10-17/h3-10,21,26,32H,11-15H2,1-2H3,(H,25,28)/t21-/m0/s1. The Bertz CT molecular complexity index is 890. The zero-order chi connectivity index (χ0) is 23.6. The fourth-order valence-corrected chi connectivity index (χ4v) is 3.38. The molecule has 0 aliphatic heterocycles. The van der Waals surface area contributed by atoms with E-state index < -0.39 is 23.6 Å². The third kappa shape index (κ3) is 8.03. The lowest BCUT2D eigenvalue weighted by atomic mass is 9.79. The zero-order valence-corrected chi connectivity index (χ0v) is 20.5. The predicted molar refractivity (Wildman–Crippen MR) is 129 cm³/mol. The monoisotopic (exact) mass is 525 g/mol. The molecule has 9 heteroatoms. The summed E-state index contributed by atoms with van der Waals surface area (Å²) >= 11 is 7.27. The van der Waals surface area contributed by atoms with Gasteiger partial charge in [0.1, 0.15) is 18.5 Å². The molecule has 0 spiro atoms. The van der Waals surface area contributed by atoms with Crippen molar-refractivity contribution in [3.63, 3.8) is 0 Å². The van der Waals surface area contributed by atoms with Crippen LogP contribution in [0.5, 0.6) is 5.75 Å². The summed E-state index contributed by atoms with van der Waals surface area (Å²) in [4.78, 5) is 24.2. The Kier molecular flexibility index (Phi) is 10.3. The van der Waals surface area contributed by atoms with Gasteiger partial charge in [0.25, 0.3) is 0 Å². The first-order chi connectivity index (χ1) is 15.3. The third-order valence-corrected chi connectivity index (χ3v) is 5.50. The van der Waals surface area contributed by atoms with E-state index in [-0.39, 0.29) is 25.6 Å². The van der Waals surface area contributed by atoms with Crippen LogP contribution >= 0.6 is 28.6 Å². The first kappa shape index (κ1) is 26.0. The van der Waals surface area contributed by atoms with E-state index in [4.69, 9.17) is 19.3 Å². The highest BCUT2D eigenvalue weighted by Crippen LogP contribution is 2.43. The Balaban J connectivity index is 2.26. The fourth-order valence-electron chi connectivity index (χ4n) is 3.02. The minimum Gasteiger partial charge on any atom is -0.491 e. The van der Waals surface area contributed by atoms with Crippen LogP contribution in [0.1, 0.15) is 31.9 Å². The van der Waals surface area contributed by atoms with Gasteiger partial charge in [-0.3, -0.25) is 10.1 Å². The van der Waals surface area contributed by atoms with Gasteiger partial charge in [0.15, 0.2) is 0 Å². The Hall–Kier alpha value is -2.23. The highest BCUT2D eigenvalue weighted by Gasteiger charge is 2.36. The van der Waals surface area contributed by atoms with Crippen molar-refractivity contribution in [3.8, 4) is 5.75 Å². The number of benzene rings is 2. The van der Waals surface area contributed by atoms with E-state index in [0.29, 0.717) is 23.4 Å². The van der Waals surface area contributed by atoms with E-state index in [0.717, 1.165) is 4.47 Å². The van der Waals surface area contributed by atoms with Gasteiger partial charge >= 0.3 is 12.1 Å². The van der Waals surface area contributed by atoms with Crippen LogP contribution in [0.2, 0.25) is 0 Å². The molecule has 0 saturated carbocycles. The van der Waals surface area contributed by atoms with Crippen molar-refractivity contribution in [2.24, 2.45) is 5.41 Å². The van der Waals surface area contributed by atoms with Crippen molar-refractivity contribution in [3.05, 3.63) is 58.6 Å². The minimum absolute atomic E-state index is 0.00616. The van der Waals surface area contributed by atoms with Crippen molar-refractivity contribution in [2.45, 2.75) is 26.4 Å². The number of aliphatic hydroxyl groups is 1. The highest BCUT2D eigenvalue weighted by molar-refractivity contribution is 9.10. The fraction of sp³-hybridized carbons (Fsp3) is 0.391. The number of nitrogens with one attached hydrogen (secondary N) is 1. The number of aliphatic hydroxyl groups excluding tert-OH is 1. The van der Waals surface area contributed by atoms with Crippen molar-refractivity contribution in [1.82, 2.24) is 0 Å². The molecule has 0 bridgehead atoms. The number of carbonyl (C=O) groups is 2. The van der Waals surface area contributed by atoms with Crippen molar-refractivity contribution >= 4 is 46.3 Å². The van der Waals surface area contributed by atoms with Crippen LogP contribution in [0, 0.1) is 5.41 Å². The molecular weight excluding hydrogens is 498 g/mol. The number of thiol groups is 1. The summed E-state index contributed by atoms with van der Waals surface area (Å²) in [5.41, 5.74) is 0.617. The summed E-state index contributed by atoms with van der Waals surface area (Å²) < 4.78 is 17.6. The Morgan fingerprint density at radius 1 is 1.12 bits per heavy atom. The number of anilines is 1. The van der Waals surface area contributed by atoms with Gasteiger partial charge < -0.3 is 19.3 Å². The van der Waals surface area contributed by atoms with Gasteiger partial charge in [0.2, 0.25) is 0 Å². The summed E-state index contributed by atoms with van der Waals surface area (Å²) in [6.07, 6.45) is -0.922. The summed E-state index contributed by atoms with van der Waals surface area (Å²) in [6, 6.07) is 14.3. The van der Waals surface area contributed by atoms with Gasteiger partial charge in [-0.25, -0.2) is 4.79 Å². The number of hydrogen-bond donors (Lipinski definition) is 3. The third-order valence-electron chi connectivity index (χ3n) is 4.71. The molecule has 2 aromatic carbocycles. The van der Waals surface area contributed by atoms with Gasteiger partial charge in [0.05, 0.1) is 19.0 Å². The molecule has 0 saturated heterocycles. The largest absolute Gasteiger partial charge is 0.491 e. The predicted octanol–water partition coefficient (Wildman–Crippen LogP) is 5.00. The summed E-state index contributed by atoms with van der Waals surface area (Å²) in [7, 11) is 0. The van der Waals surface area contributed by atoms with Crippen LogP contribution < -0.4 is 10.1 Å². The van der Waals surface area contributed by atoms with Crippen LogP contribution in [0.25, 0.3) is 0 Å². The number of ether oxygens (including phenoxy) is 3. The number of carbonyl (C=O) groups excluding carboxylic acids is 2. The maximum atomic E-state index is 12.8. The topological polar surface area (TPSA) is 94.1 Å². The molecule has 0 radical (unpaired) electrons. The maximum Gasteiger partial charge on any atom is 0.412 e. The molecule has 1 atom stereocenters. The molecule has 1 amide bonds. The van der Waals surface area contributed by atoms with Crippen molar-refractivity contribution in [2.75, 3.05) is 30.9 Å². The molecule has 2 rings (SSSR count). The highest BCUT2D eigenvalue weighted by atomic mass is 79.9. The van der Waals surface area contributed by atoms with Crippen molar-refractivity contribution in [1.29, 1.82) is 0 Å². The summed E-state index contributed by atoms with van der Waals surface area (Å²) in [5.74, 6) is 0.0815. The van der Waals surface area contributed by atoms with E-state index in [1.807, 2.05) is 38.1 Å². The van der Waals surface area contributed by atoms with Crippen LogP contribution in [0.4, 0.5) is 10.5 Å². The number of amides is 1. The first-order valence-corrected chi connectivity index (χ1v) is 11.5. The molecule has 0 heterocycles. The Morgan fingerprint density at radius 3 is 2.47 bits per heavy atom. The lowest BCUT2D eigenvalue weighted by Gasteiger charge is -2.34. The molecule has 2 N–H and O–H groups in total. The average molecular weight is 526 g/mol. The second-order valence-electron chi connectivity index (χ2n) is 7.64.